The number of ether oxygens (including phenoxy) is 2. The van der Waals surface area contributed by atoms with Gasteiger partial charge in [-0.2, -0.15) is 0 Å². The molecule has 3 atom stereocenters. The van der Waals surface area contributed by atoms with Gasteiger partial charge in [0.25, 0.3) is 0 Å². The Hall–Kier alpha value is -0.340. The van der Waals surface area contributed by atoms with E-state index in [9.17, 15) is 0 Å². The fourth-order valence-corrected chi connectivity index (χ4v) is 1.40. The Kier molecular flexibility index (Phi) is 3.76. The standard InChI is InChI=1S/C10H17O2/c1-4-6-9-7-8(3)11-10(5-2)12-9/h4,8-10H,1,3,5-7H2,2H3/t8-,9+,10-/m1/s1. The minimum Gasteiger partial charge on any atom is -0.349 e. The maximum atomic E-state index is 5.61. The van der Waals surface area contributed by atoms with Crippen LogP contribution in [0.4, 0.5) is 0 Å². The molecule has 0 unspecified atom stereocenters. The lowest BCUT2D eigenvalue weighted by molar-refractivity contribution is -0.231. The molecule has 1 rings (SSSR count). The van der Waals surface area contributed by atoms with Crippen molar-refractivity contribution in [1.29, 1.82) is 0 Å². The molecule has 12 heavy (non-hydrogen) atoms. The Balaban J connectivity index is 2.39. The van der Waals surface area contributed by atoms with Crippen molar-refractivity contribution < 1.29 is 9.47 Å². The van der Waals surface area contributed by atoms with E-state index < -0.39 is 0 Å². The molecule has 0 aromatic carbocycles. The van der Waals surface area contributed by atoms with Crippen molar-refractivity contribution in [1.82, 2.24) is 0 Å². The molecule has 1 fully saturated rings. The fraction of sp³-hybridized carbons (Fsp3) is 0.700. The first-order valence-corrected chi connectivity index (χ1v) is 4.51. The summed E-state index contributed by atoms with van der Waals surface area (Å²) in [5, 5.41) is 0. The van der Waals surface area contributed by atoms with Crippen molar-refractivity contribution in [2.45, 2.75) is 44.7 Å². The minimum atomic E-state index is -0.0637. The van der Waals surface area contributed by atoms with Crippen molar-refractivity contribution in [3.8, 4) is 0 Å². The Morgan fingerprint density at radius 2 is 2.25 bits per heavy atom. The molecule has 1 aliphatic heterocycles. The Morgan fingerprint density at radius 3 is 2.83 bits per heavy atom. The summed E-state index contributed by atoms with van der Waals surface area (Å²) in [6.07, 6.45) is 4.81. The lowest BCUT2D eigenvalue weighted by Crippen LogP contribution is -2.36. The first-order chi connectivity index (χ1) is 5.76. The van der Waals surface area contributed by atoms with Crippen LogP contribution in [-0.4, -0.2) is 18.5 Å². The molecule has 2 heteroatoms. The highest BCUT2D eigenvalue weighted by Gasteiger charge is 2.25. The number of hydrogen-bond acceptors (Lipinski definition) is 2. The van der Waals surface area contributed by atoms with E-state index in [1.54, 1.807) is 0 Å². The summed E-state index contributed by atoms with van der Waals surface area (Å²) in [4.78, 5) is 0. The predicted molar refractivity (Wildman–Crippen MR) is 48.6 cm³/mol. The predicted octanol–water partition coefficient (Wildman–Crippen LogP) is 2.31. The lowest BCUT2D eigenvalue weighted by Gasteiger charge is -2.33. The summed E-state index contributed by atoms with van der Waals surface area (Å²) < 4.78 is 11.1. The molecule has 0 aromatic rings. The van der Waals surface area contributed by atoms with E-state index in [4.69, 9.17) is 9.47 Å². The van der Waals surface area contributed by atoms with Crippen molar-refractivity contribution in [2.75, 3.05) is 0 Å². The van der Waals surface area contributed by atoms with Gasteiger partial charge in [0, 0.05) is 6.42 Å². The van der Waals surface area contributed by atoms with Crippen LogP contribution in [0.15, 0.2) is 12.7 Å². The van der Waals surface area contributed by atoms with E-state index in [1.165, 1.54) is 0 Å². The Morgan fingerprint density at radius 1 is 1.50 bits per heavy atom. The quantitative estimate of drug-likeness (QED) is 0.603. The maximum Gasteiger partial charge on any atom is 0.158 e. The molecule has 0 spiro atoms. The zero-order valence-electron chi connectivity index (χ0n) is 7.66. The molecule has 1 radical (unpaired) electrons. The topological polar surface area (TPSA) is 18.5 Å². The molecule has 2 nitrogen and oxygen atoms in total. The van der Waals surface area contributed by atoms with E-state index in [1.807, 2.05) is 13.0 Å². The van der Waals surface area contributed by atoms with E-state index >= 15 is 0 Å². The van der Waals surface area contributed by atoms with Gasteiger partial charge in [-0.1, -0.05) is 13.0 Å². The summed E-state index contributed by atoms with van der Waals surface area (Å²) in [7, 11) is 0. The van der Waals surface area contributed by atoms with Crippen LogP contribution in [0.2, 0.25) is 0 Å². The van der Waals surface area contributed by atoms with Crippen LogP contribution in [0.1, 0.15) is 26.2 Å². The highest BCUT2D eigenvalue weighted by atomic mass is 16.7. The van der Waals surface area contributed by atoms with Crippen LogP contribution in [-0.2, 0) is 9.47 Å². The average Bonchev–Trinajstić information content (AvgIpc) is 2.04. The summed E-state index contributed by atoms with van der Waals surface area (Å²) in [5.74, 6) is 0. The van der Waals surface area contributed by atoms with Gasteiger partial charge in [0.15, 0.2) is 6.29 Å². The monoisotopic (exact) mass is 169 g/mol. The second kappa shape index (κ2) is 4.63. The van der Waals surface area contributed by atoms with Gasteiger partial charge in [-0.3, -0.25) is 0 Å². The van der Waals surface area contributed by atoms with Crippen LogP contribution in [0.3, 0.4) is 0 Å². The molecule has 69 valence electrons. The molecular formula is C10H17O2. The lowest BCUT2D eigenvalue weighted by atomic mass is 10.1. The van der Waals surface area contributed by atoms with Crippen molar-refractivity contribution in [2.24, 2.45) is 0 Å². The van der Waals surface area contributed by atoms with E-state index in [0.717, 1.165) is 19.3 Å². The summed E-state index contributed by atoms with van der Waals surface area (Å²) in [5.41, 5.74) is 0. The van der Waals surface area contributed by atoms with Gasteiger partial charge in [0.2, 0.25) is 0 Å². The van der Waals surface area contributed by atoms with E-state index in [-0.39, 0.29) is 18.5 Å². The van der Waals surface area contributed by atoms with Gasteiger partial charge in [0.05, 0.1) is 12.2 Å². The van der Waals surface area contributed by atoms with Crippen LogP contribution in [0, 0.1) is 6.92 Å². The largest absolute Gasteiger partial charge is 0.349 e. The molecule has 1 heterocycles. The van der Waals surface area contributed by atoms with Crippen molar-refractivity contribution in [3.05, 3.63) is 19.6 Å². The van der Waals surface area contributed by atoms with Gasteiger partial charge in [0.1, 0.15) is 0 Å². The first-order valence-electron chi connectivity index (χ1n) is 4.51. The zero-order chi connectivity index (χ0) is 8.97. The molecule has 0 aliphatic carbocycles. The number of hydrogen-bond donors (Lipinski definition) is 0. The SMILES string of the molecule is [CH2][C@@H]1C[C@H](CC=C)O[C@H](CC)O1. The third kappa shape index (κ3) is 2.61. The van der Waals surface area contributed by atoms with Gasteiger partial charge < -0.3 is 9.47 Å². The highest BCUT2D eigenvalue weighted by molar-refractivity contribution is 4.80. The second-order valence-corrected chi connectivity index (χ2v) is 3.11. The Bertz CT molecular complexity index is 145. The molecule has 0 saturated carbocycles. The van der Waals surface area contributed by atoms with Gasteiger partial charge in [-0.05, 0) is 19.8 Å². The summed E-state index contributed by atoms with van der Waals surface area (Å²) >= 11 is 0. The molecule has 0 N–H and O–H groups in total. The number of rotatable bonds is 3. The van der Waals surface area contributed by atoms with Crippen LogP contribution in [0.25, 0.3) is 0 Å². The molecule has 0 amide bonds. The van der Waals surface area contributed by atoms with Crippen molar-refractivity contribution in [3.63, 3.8) is 0 Å². The molecular weight excluding hydrogens is 152 g/mol. The normalized spacial score (nSPS) is 36.3. The van der Waals surface area contributed by atoms with Crippen molar-refractivity contribution >= 4 is 0 Å². The van der Waals surface area contributed by atoms with Gasteiger partial charge in [-0.25, -0.2) is 0 Å². The maximum absolute atomic E-state index is 5.61. The first kappa shape index (κ1) is 9.75. The third-order valence-corrected chi connectivity index (χ3v) is 1.98. The summed E-state index contributed by atoms with van der Waals surface area (Å²) in [6.45, 7) is 9.63. The summed E-state index contributed by atoms with van der Waals surface area (Å²) in [6, 6.07) is 0. The van der Waals surface area contributed by atoms with Crippen LogP contribution in [0.5, 0.6) is 0 Å². The molecule has 1 aliphatic rings. The van der Waals surface area contributed by atoms with E-state index in [2.05, 4.69) is 13.5 Å². The second-order valence-electron chi connectivity index (χ2n) is 3.11. The van der Waals surface area contributed by atoms with Crippen LogP contribution >= 0.6 is 0 Å². The fourth-order valence-electron chi connectivity index (χ4n) is 1.40. The third-order valence-electron chi connectivity index (χ3n) is 1.98. The average molecular weight is 169 g/mol. The zero-order valence-corrected chi connectivity index (χ0v) is 7.66. The molecule has 1 saturated heterocycles. The van der Waals surface area contributed by atoms with E-state index in [0.29, 0.717) is 0 Å². The highest BCUT2D eigenvalue weighted by Crippen LogP contribution is 2.21. The van der Waals surface area contributed by atoms with Crippen LogP contribution < -0.4 is 0 Å². The minimum absolute atomic E-state index is 0.0637. The molecule has 0 bridgehead atoms. The van der Waals surface area contributed by atoms with Gasteiger partial charge >= 0.3 is 0 Å². The Labute approximate surface area is 74.6 Å². The van der Waals surface area contributed by atoms with Gasteiger partial charge in [-0.15, -0.1) is 6.58 Å². The smallest absolute Gasteiger partial charge is 0.158 e. The molecule has 0 aromatic heterocycles.